The van der Waals surface area contributed by atoms with Crippen LogP contribution in [-0.4, -0.2) is 27.3 Å². The fraction of sp³-hybridized carbons (Fsp3) is 0.692. The number of nitrogens with zero attached hydrogens (tertiary/aromatic N) is 2. The van der Waals surface area contributed by atoms with Crippen LogP contribution in [0.2, 0.25) is 0 Å². The molecule has 0 saturated heterocycles. The quantitative estimate of drug-likeness (QED) is 0.583. The van der Waals surface area contributed by atoms with E-state index in [0.717, 1.165) is 11.6 Å². The molecule has 0 aliphatic rings. The number of aromatic nitrogens is 2. The number of nitrogens with one attached hydrogen (secondary N) is 1. The molecular formula is C13H23N3OS. The summed E-state index contributed by atoms with van der Waals surface area (Å²) in [7, 11) is 1.93. The van der Waals surface area contributed by atoms with E-state index < -0.39 is 0 Å². The van der Waals surface area contributed by atoms with Crippen LogP contribution >= 0.6 is 11.8 Å². The Morgan fingerprint density at radius 1 is 1.56 bits per heavy atom. The monoisotopic (exact) mass is 269 g/mol. The first-order valence-corrected chi connectivity index (χ1v) is 7.51. The van der Waals surface area contributed by atoms with Crippen LogP contribution in [0.25, 0.3) is 0 Å². The maximum absolute atomic E-state index is 11.7. The number of rotatable bonds is 8. The van der Waals surface area contributed by atoms with Gasteiger partial charge in [-0.1, -0.05) is 37.9 Å². The Hall–Kier alpha value is -0.970. The number of hydrogen-bond acceptors (Lipinski definition) is 3. The highest BCUT2D eigenvalue weighted by Gasteiger charge is 2.09. The Morgan fingerprint density at radius 3 is 2.94 bits per heavy atom. The zero-order valence-corrected chi connectivity index (χ0v) is 12.3. The molecule has 18 heavy (non-hydrogen) atoms. The van der Waals surface area contributed by atoms with Gasteiger partial charge < -0.3 is 9.88 Å². The maximum atomic E-state index is 11.7. The molecular weight excluding hydrogens is 246 g/mol. The van der Waals surface area contributed by atoms with Gasteiger partial charge in [-0.05, 0) is 13.3 Å². The van der Waals surface area contributed by atoms with Crippen LogP contribution in [0.4, 0.5) is 0 Å². The van der Waals surface area contributed by atoms with Crippen molar-refractivity contribution in [3.63, 3.8) is 0 Å². The van der Waals surface area contributed by atoms with E-state index in [2.05, 4.69) is 24.1 Å². The van der Waals surface area contributed by atoms with Gasteiger partial charge in [-0.2, -0.15) is 0 Å². The number of unbranched alkanes of at least 4 members (excludes halogenated alkanes) is 2. The summed E-state index contributed by atoms with van der Waals surface area (Å²) in [5, 5.41) is 3.90. The van der Waals surface area contributed by atoms with Gasteiger partial charge in [0.1, 0.15) is 0 Å². The minimum Gasteiger partial charge on any atom is -0.353 e. The third kappa shape index (κ3) is 5.58. The molecule has 5 heteroatoms. The van der Waals surface area contributed by atoms with Crippen molar-refractivity contribution in [1.29, 1.82) is 0 Å². The van der Waals surface area contributed by atoms with Gasteiger partial charge in [0.25, 0.3) is 0 Å². The maximum Gasteiger partial charge on any atom is 0.230 e. The second kappa shape index (κ2) is 8.19. The smallest absolute Gasteiger partial charge is 0.230 e. The summed E-state index contributed by atoms with van der Waals surface area (Å²) in [5.41, 5.74) is 0. The topological polar surface area (TPSA) is 46.9 Å². The van der Waals surface area contributed by atoms with Crippen molar-refractivity contribution < 1.29 is 4.79 Å². The van der Waals surface area contributed by atoms with Crippen molar-refractivity contribution in [3.8, 4) is 0 Å². The van der Waals surface area contributed by atoms with Crippen LogP contribution in [0.3, 0.4) is 0 Å². The van der Waals surface area contributed by atoms with Gasteiger partial charge in [0, 0.05) is 25.5 Å². The lowest BCUT2D eigenvalue weighted by Crippen LogP contribution is -2.33. The lowest BCUT2D eigenvalue weighted by atomic mass is 10.1. The number of amides is 1. The van der Waals surface area contributed by atoms with Gasteiger partial charge in [0.15, 0.2) is 5.16 Å². The fourth-order valence-corrected chi connectivity index (χ4v) is 2.45. The van der Waals surface area contributed by atoms with Crippen LogP contribution < -0.4 is 5.32 Å². The highest BCUT2D eigenvalue weighted by Crippen LogP contribution is 2.13. The normalized spacial score (nSPS) is 12.4. The predicted molar refractivity (Wildman–Crippen MR) is 75.7 cm³/mol. The fourth-order valence-electron chi connectivity index (χ4n) is 1.71. The third-order valence-corrected chi connectivity index (χ3v) is 3.82. The van der Waals surface area contributed by atoms with Crippen molar-refractivity contribution in [2.75, 3.05) is 5.75 Å². The lowest BCUT2D eigenvalue weighted by Gasteiger charge is -2.13. The predicted octanol–water partition coefficient (Wildman–Crippen LogP) is 2.60. The average molecular weight is 269 g/mol. The first kappa shape index (κ1) is 15.1. The molecule has 1 aromatic rings. The first-order valence-electron chi connectivity index (χ1n) is 6.53. The van der Waals surface area contributed by atoms with E-state index in [4.69, 9.17) is 0 Å². The van der Waals surface area contributed by atoms with Crippen molar-refractivity contribution in [2.45, 2.75) is 50.7 Å². The molecule has 1 rings (SSSR count). The highest BCUT2D eigenvalue weighted by molar-refractivity contribution is 7.99. The molecule has 1 atom stereocenters. The summed E-state index contributed by atoms with van der Waals surface area (Å²) in [5.74, 6) is 0.523. The van der Waals surface area contributed by atoms with E-state index >= 15 is 0 Å². The van der Waals surface area contributed by atoms with Crippen LogP contribution in [-0.2, 0) is 11.8 Å². The molecule has 0 aliphatic heterocycles. The molecule has 1 N–H and O–H groups in total. The summed E-state index contributed by atoms with van der Waals surface area (Å²) >= 11 is 1.47. The first-order chi connectivity index (χ1) is 8.63. The SMILES string of the molecule is CCCCCC(C)NC(=O)CSc1nccn1C. The summed E-state index contributed by atoms with van der Waals surface area (Å²) < 4.78 is 1.92. The summed E-state index contributed by atoms with van der Waals surface area (Å²) in [6.07, 6.45) is 8.33. The summed E-state index contributed by atoms with van der Waals surface area (Å²) in [6.45, 7) is 4.26. The van der Waals surface area contributed by atoms with Crippen LogP contribution in [0.1, 0.15) is 39.5 Å². The van der Waals surface area contributed by atoms with Gasteiger partial charge in [0.2, 0.25) is 5.91 Å². The van der Waals surface area contributed by atoms with E-state index in [1.54, 1.807) is 6.20 Å². The molecule has 4 nitrogen and oxygen atoms in total. The number of aryl methyl sites for hydroxylation is 1. The largest absolute Gasteiger partial charge is 0.353 e. The number of carbonyl (C=O) groups is 1. The van der Waals surface area contributed by atoms with Gasteiger partial charge in [-0.25, -0.2) is 4.98 Å². The zero-order valence-electron chi connectivity index (χ0n) is 11.5. The van der Waals surface area contributed by atoms with Gasteiger partial charge in [-0.15, -0.1) is 0 Å². The van der Waals surface area contributed by atoms with Gasteiger partial charge in [-0.3, -0.25) is 4.79 Å². The van der Waals surface area contributed by atoms with Crippen molar-refractivity contribution in [1.82, 2.24) is 14.9 Å². The van der Waals surface area contributed by atoms with Crippen LogP contribution in [0.5, 0.6) is 0 Å². The molecule has 0 aliphatic carbocycles. The Balaban J connectivity index is 2.19. The molecule has 0 fully saturated rings. The molecule has 0 saturated carbocycles. The van der Waals surface area contributed by atoms with Gasteiger partial charge >= 0.3 is 0 Å². The zero-order chi connectivity index (χ0) is 13.4. The van der Waals surface area contributed by atoms with Crippen LogP contribution in [0, 0.1) is 0 Å². The molecule has 1 unspecified atom stereocenters. The van der Waals surface area contributed by atoms with E-state index in [9.17, 15) is 4.79 Å². The standard InChI is InChI=1S/C13H23N3OS/c1-4-5-6-7-11(2)15-12(17)10-18-13-14-8-9-16(13)3/h8-9,11H,4-7,10H2,1-3H3,(H,15,17). The molecule has 0 aromatic carbocycles. The Kier molecular flexibility index (Phi) is 6.86. The summed E-state index contributed by atoms with van der Waals surface area (Å²) in [4.78, 5) is 15.9. The van der Waals surface area contributed by atoms with E-state index in [1.165, 1.54) is 31.0 Å². The molecule has 1 amide bonds. The molecule has 0 spiro atoms. The Bertz CT molecular complexity index is 365. The Morgan fingerprint density at radius 2 is 2.33 bits per heavy atom. The Labute approximate surface area is 114 Å². The van der Waals surface area contributed by atoms with Crippen LogP contribution in [0.15, 0.2) is 17.6 Å². The number of thioether (sulfide) groups is 1. The molecule has 0 bridgehead atoms. The minimum atomic E-state index is 0.0898. The second-order valence-electron chi connectivity index (χ2n) is 4.57. The minimum absolute atomic E-state index is 0.0898. The van der Waals surface area contributed by atoms with E-state index in [1.807, 2.05) is 17.8 Å². The molecule has 1 aromatic heterocycles. The van der Waals surface area contributed by atoms with Crippen molar-refractivity contribution in [3.05, 3.63) is 12.4 Å². The average Bonchev–Trinajstić information content (AvgIpc) is 2.72. The van der Waals surface area contributed by atoms with Crippen molar-refractivity contribution >= 4 is 17.7 Å². The third-order valence-electron chi connectivity index (χ3n) is 2.76. The molecule has 0 radical (unpaired) electrons. The number of carbonyl (C=O) groups excluding carboxylic acids is 1. The highest BCUT2D eigenvalue weighted by atomic mass is 32.2. The summed E-state index contributed by atoms with van der Waals surface area (Å²) in [6, 6.07) is 0.269. The second-order valence-corrected chi connectivity index (χ2v) is 5.52. The lowest BCUT2D eigenvalue weighted by molar-refractivity contribution is -0.119. The van der Waals surface area contributed by atoms with Crippen molar-refractivity contribution in [2.24, 2.45) is 7.05 Å². The van der Waals surface area contributed by atoms with E-state index in [-0.39, 0.29) is 11.9 Å². The molecule has 102 valence electrons. The van der Waals surface area contributed by atoms with Gasteiger partial charge in [0.05, 0.1) is 5.75 Å². The van der Waals surface area contributed by atoms with E-state index in [0.29, 0.717) is 5.75 Å². The number of imidazole rings is 1. The number of hydrogen-bond donors (Lipinski definition) is 1. The molecule has 1 heterocycles.